The van der Waals surface area contributed by atoms with Crippen molar-refractivity contribution in [3.8, 4) is 5.75 Å². The topological polar surface area (TPSA) is 65.1 Å². The first-order valence-corrected chi connectivity index (χ1v) is 11.8. The zero-order chi connectivity index (χ0) is 23.0. The summed E-state index contributed by atoms with van der Waals surface area (Å²) in [6.45, 7) is 6.24. The lowest BCUT2D eigenvalue weighted by molar-refractivity contribution is -0.134. The van der Waals surface area contributed by atoms with E-state index < -0.39 is 0 Å². The molecule has 2 aliphatic rings. The molecular weight excluding hydrogens is 416 g/mol. The van der Waals surface area contributed by atoms with Crippen molar-refractivity contribution in [1.29, 1.82) is 0 Å². The van der Waals surface area contributed by atoms with Gasteiger partial charge in [-0.1, -0.05) is 36.4 Å². The van der Waals surface area contributed by atoms with E-state index in [4.69, 9.17) is 4.74 Å². The number of amides is 2. The van der Waals surface area contributed by atoms with Crippen LogP contribution in [0.25, 0.3) is 0 Å². The molecule has 2 aromatic carbocycles. The largest absolute Gasteiger partial charge is 0.496 e. The summed E-state index contributed by atoms with van der Waals surface area (Å²) in [5, 5.41) is 3.13. The van der Waals surface area contributed by atoms with Crippen LogP contribution in [-0.4, -0.2) is 85.5 Å². The Morgan fingerprint density at radius 2 is 1.55 bits per heavy atom. The van der Waals surface area contributed by atoms with Crippen LogP contribution in [0.4, 0.5) is 0 Å². The van der Waals surface area contributed by atoms with Gasteiger partial charge in [0.2, 0.25) is 5.91 Å². The Labute approximate surface area is 196 Å². The molecular formula is C26H34N4O3. The van der Waals surface area contributed by atoms with Gasteiger partial charge in [0.05, 0.1) is 13.7 Å². The molecule has 2 saturated heterocycles. The van der Waals surface area contributed by atoms with E-state index in [1.807, 2.05) is 53.4 Å². The normalized spacial score (nSPS) is 18.2. The van der Waals surface area contributed by atoms with Crippen molar-refractivity contribution in [2.45, 2.75) is 25.4 Å². The van der Waals surface area contributed by atoms with E-state index in [-0.39, 0.29) is 17.9 Å². The van der Waals surface area contributed by atoms with Gasteiger partial charge in [-0.15, -0.1) is 0 Å². The summed E-state index contributed by atoms with van der Waals surface area (Å²) in [5.41, 5.74) is 1.88. The van der Waals surface area contributed by atoms with Gasteiger partial charge in [-0.25, -0.2) is 0 Å². The van der Waals surface area contributed by atoms with Gasteiger partial charge in [-0.2, -0.15) is 0 Å². The summed E-state index contributed by atoms with van der Waals surface area (Å²) in [4.78, 5) is 31.8. The predicted molar refractivity (Wildman–Crippen MR) is 128 cm³/mol. The van der Waals surface area contributed by atoms with E-state index in [2.05, 4.69) is 21.2 Å². The van der Waals surface area contributed by atoms with Crippen LogP contribution in [0.5, 0.6) is 5.75 Å². The first kappa shape index (κ1) is 23.3. The van der Waals surface area contributed by atoms with Crippen LogP contribution in [0.15, 0.2) is 54.6 Å². The Balaban J connectivity index is 1.17. The lowest BCUT2D eigenvalue weighted by Crippen LogP contribution is -2.52. The average Bonchev–Trinajstić information content (AvgIpc) is 2.86. The Morgan fingerprint density at radius 3 is 2.24 bits per heavy atom. The number of para-hydroxylation sites is 1. The van der Waals surface area contributed by atoms with Crippen molar-refractivity contribution in [3.05, 3.63) is 65.7 Å². The maximum atomic E-state index is 12.9. The second-order valence-corrected chi connectivity index (χ2v) is 8.86. The molecule has 2 heterocycles. The molecule has 0 radical (unpaired) electrons. The highest BCUT2D eigenvalue weighted by Gasteiger charge is 2.26. The lowest BCUT2D eigenvalue weighted by Gasteiger charge is -2.37. The number of methoxy groups -OCH3 is 1. The highest BCUT2D eigenvalue weighted by Crippen LogP contribution is 2.20. The van der Waals surface area contributed by atoms with Crippen LogP contribution in [0.2, 0.25) is 0 Å². The fraction of sp³-hybridized carbons (Fsp3) is 0.462. The van der Waals surface area contributed by atoms with Gasteiger partial charge >= 0.3 is 0 Å². The zero-order valence-corrected chi connectivity index (χ0v) is 19.4. The molecule has 0 spiro atoms. The maximum Gasteiger partial charge on any atom is 0.251 e. The zero-order valence-electron chi connectivity index (χ0n) is 19.4. The van der Waals surface area contributed by atoms with Crippen molar-refractivity contribution in [2.75, 3.05) is 52.9 Å². The third-order valence-corrected chi connectivity index (χ3v) is 6.63. The number of ether oxygens (including phenoxy) is 1. The quantitative estimate of drug-likeness (QED) is 0.701. The number of rotatable bonds is 7. The monoisotopic (exact) mass is 450 g/mol. The number of nitrogens with one attached hydrogen (secondary N) is 1. The SMILES string of the molecule is COc1ccccc1CN1CCN(C(=O)CN2CCC(NC(=O)c3ccccc3)CC2)CC1. The van der Waals surface area contributed by atoms with Gasteiger partial charge in [0.25, 0.3) is 5.91 Å². The van der Waals surface area contributed by atoms with Crippen molar-refractivity contribution in [1.82, 2.24) is 20.0 Å². The Kier molecular flexibility index (Phi) is 7.96. The second-order valence-electron chi connectivity index (χ2n) is 8.86. The second kappa shape index (κ2) is 11.3. The highest BCUT2D eigenvalue weighted by molar-refractivity contribution is 5.94. The molecule has 4 rings (SSSR count). The smallest absolute Gasteiger partial charge is 0.251 e. The van der Waals surface area contributed by atoms with Gasteiger partial charge < -0.3 is 15.0 Å². The first-order chi connectivity index (χ1) is 16.1. The summed E-state index contributed by atoms with van der Waals surface area (Å²) in [5.74, 6) is 1.11. The summed E-state index contributed by atoms with van der Waals surface area (Å²) in [7, 11) is 1.70. The molecule has 2 aliphatic heterocycles. The molecule has 33 heavy (non-hydrogen) atoms. The van der Waals surface area contributed by atoms with Crippen molar-refractivity contribution in [2.24, 2.45) is 0 Å². The molecule has 2 amide bonds. The summed E-state index contributed by atoms with van der Waals surface area (Å²) >= 11 is 0. The minimum atomic E-state index is -0.0175. The number of carbonyl (C=O) groups is 2. The molecule has 7 heteroatoms. The van der Waals surface area contributed by atoms with Crippen molar-refractivity contribution < 1.29 is 14.3 Å². The van der Waals surface area contributed by atoms with Crippen LogP contribution in [0.3, 0.4) is 0 Å². The first-order valence-electron chi connectivity index (χ1n) is 11.8. The summed E-state index contributed by atoms with van der Waals surface area (Å²) in [6.07, 6.45) is 1.75. The number of likely N-dealkylation sites (tertiary alicyclic amines) is 1. The molecule has 0 unspecified atom stereocenters. The minimum Gasteiger partial charge on any atom is -0.496 e. The number of hydrogen-bond donors (Lipinski definition) is 1. The minimum absolute atomic E-state index is 0.0175. The van der Waals surface area contributed by atoms with E-state index in [1.54, 1.807) is 7.11 Å². The molecule has 2 fully saturated rings. The summed E-state index contributed by atoms with van der Waals surface area (Å²) < 4.78 is 5.46. The number of benzene rings is 2. The van der Waals surface area contributed by atoms with Crippen LogP contribution in [0.1, 0.15) is 28.8 Å². The van der Waals surface area contributed by atoms with E-state index in [1.165, 1.54) is 5.56 Å². The van der Waals surface area contributed by atoms with E-state index >= 15 is 0 Å². The molecule has 1 N–H and O–H groups in total. The Morgan fingerprint density at radius 1 is 0.879 bits per heavy atom. The number of hydrogen-bond acceptors (Lipinski definition) is 5. The Hall–Kier alpha value is -2.90. The van der Waals surface area contributed by atoms with Crippen LogP contribution in [-0.2, 0) is 11.3 Å². The standard InChI is InChI=1S/C26H34N4O3/c1-33-24-10-6-5-9-22(24)19-29-15-17-30(18-16-29)25(31)20-28-13-11-23(12-14-28)27-26(32)21-7-3-2-4-8-21/h2-10,23H,11-20H2,1H3,(H,27,32). The van der Waals surface area contributed by atoms with E-state index in [0.29, 0.717) is 12.1 Å². The fourth-order valence-electron chi connectivity index (χ4n) is 4.61. The van der Waals surface area contributed by atoms with Crippen molar-refractivity contribution in [3.63, 3.8) is 0 Å². The molecule has 7 nitrogen and oxygen atoms in total. The molecule has 0 aliphatic carbocycles. The van der Waals surface area contributed by atoms with E-state index in [9.17, 15) is 9.59 Å². The van der Waals surface area contributed by atoms with Gasteiger partial charge in [0, 0.05) is 63.0 Å². The predicted octanol–water partition coefficient (Wildman–Crippen LogP) is 2.23. The van der Waals surface area contributed by atoms with Gasteiger partial charge in [0.1, 0.15) is 5.75 Å². The summed E-state index contributed by atoms with van der Waals surface area (Å²) in [6, 6.07) is 17.6. The third kappa shape index (κ3) is 6.33. The molecule has 0 saturated carbocycles. The molecule has 0 aromatic heterocycles. The van der Waals surface area contributed by atoms with Gasteiger partial charge in [0.15, 0.2) is 0 Å². The Bertz CT molecular complexity index is 920. The number of piperazine rings is 1. The number of nitrogens with zero attached hydrogens (tertiary/aromatic N) is 3. The lowest BCUT2D eigenvalue weighted by atomic mass is 10.0. The molecule has 0 bridgehead atoms. The molecule has 176 valence electrons. The molecule has 2 aromatic rings. The third-order valence-electron chi connectivity index (χ3n) is 6.63. The van der Waals surface area contributed by atoms with Gasteiger partial charge in [-0.05, 0) is 31.0 Å². The van der Waals surface area contributed by atoms with Crippen LogP contribution in [0, 0.1) is 0 Å². The average molecular weight is 451 g/mol. The van der Waals surface area contributed by atoms with Gasteiger partial charge in [-0.3, -0.25) is 19.4 Å². The molecule has 0 atom stereocenters. The van der Waals surface area contributed by atoms with E-state index in [0.717, 1.165) is 64.4 Å². The van der Waals surface area contributed by atoms with Crippen LogP contribution < -0.4 is 10.1 Å². The fourth-order valence-corrected chi connectivity index (χ4v) is 4.61. The van der Waals surface area contributed by atoms with Crippen LogP contribution >= 0.6 is 0 Å². The van der Waals surface area contributed by atoms with Crippen molar-refractivity contribution >= 4 is 11.8 Å². The maximum absolute atomic E-state index is 12.9. The highest BCUT2D eigenvalue weighted by atomic mass is 16.5. The number of piperidine rings is 1. The number of carbonyl (C=O) groups excluding carboxylic acids is 2.